The molecule has 0 bridgehead atoms. The summed E-state index contributed by atoms with van der Waals surface area (Å²) in [6.07, 6.45) is -0.189. The number of nitrogens with zero attached hydrogens (tertiary/aromatic N) is 1. The van der Waals surface area contributed by atoms with Gasteiger partial charge in [-0.3, -0.25) is 4.79 Å². The number of aryl methyl sites for hydroxylation is 1. The summed E-state index contributed by atoms with van der Waals surface area (Å²) in [5.41, 5.74) is 2.10. The van der Waals surface area contributed by atoms with Gasteiger partial charge in [-0.15, -0.1) is 0 Å². The highest BCUT2D eigenvalue weighted by Gasteiger charge is 2.01. The molecule has 0 N–H and O–H groups in total. The molecule has 0 atom stereocenters. The third kappa shape index (κ3) is 3.28. The Hall–Kier alpha value is -1.82. The van der Waals surface area contributed by atoms with Crippen LogP contribution in [-0.2, 0) is 16.1 Å². The van der Waals surface area contributed by atoms with Crippen LogP contribution in [0.15, 0.2) is 24.3 Å². The highest BCUT2D eigenvalue weighted by atomic mass is 16.5. The van der Waals surface area contributed by atoms with Crippen molar-refractivity contribution in [1.82, 2.24) is 0 Å². The number of nitriles is 1. The molecular formula is C11H11NO2. The van der Waals surface area contributed by atoms with Gasteiger partial charge in [-0.1, -0.05) is 29.8 Å². The van der Waals surface area contributed by atoms with E-state index in [-0.39, 0.29) is 13.0 Å². The van der Waals surface area contributed by atoms with Crippen LogP contribution in [0.25, 0.3) is 0 Å². The highest BCUT2D eigenvalue weighted by molar-refractivity contribution is 5.71. The summed E-state index contributed by atoms with van der Waals surface area (Å²) in [5.74, 6) is -0.479. The van der Waals surface area contributed by atoms with Gasteiger partial charge in [-0.2, -0.15) is 5.26 Å². The van der Waals surface area contributed by atoms with Crippen LogP contribution in [0.1, 0.15) is 17.5 Å². The van der Waals surface area contributed by atoms with Gasteiger partial charge in [0, 0.05) is 0 Å². The average molecular weight is 189 g/mol. The van der Waals surface area contributed by atoms with Crippen molar-refractivity contribution in [3.8, 4) is 6.07 Å². The number of hydrogen-bond acceptors (Lipinski definition) is 3. The molecule has 0 saturated heterocycles. The fourth-order valence-electron chi connectivity index (χ4n) is 0.964. The first kappa shape index (κ1) is 10.3. The summed E-state index contributed by atoms with van der Waals surface area (Å²) < 4.78 is 4.85. The zero-order valence-corrected chi connectivity index (χ0v) is 7.99. The highest BCUT2D eigenvalue weighted by Crippen LogP contribution is 2.04. The molecule has 1 aromatic rings. The number of rotatable bonds is 3. The second-order valence-corrected chi connectivity index (χ2v) is 2.98. The second-order valence-electron chi connectivity index (χ2n) is 2.98. The topological polar surface area (TPSA) is 50.1 Å². The molecule has 0 saturated carbocycles. The first-order valence-corrected chi connectivity index (χ1v) is 4.30. The number of carbonyl (C=O) groups is 1. The Morgan fingerprint density at radius 3 is 2.64 bits per heavy atom. The third-order valence-corrected chi connectivity index (χ3v) is 1.74. The van der Waals surface area contributed by atoms with Gasteiger partial charge in [0.05, 0.1) is 6.07 Å². The fourth-order valence-corrected chi connectivity index (χ4v) is 0.964. The Kier molecular flexibility index (Phi) is 3.69. The number of hydrogen-bond donors (Lipinski definition) is 0. The van der Waals surface area contributed by atoms with Crippen LogP contribution in [-0.4, -0.2) is 5.97 Å². The van der Waals surface area contributed by atoms with Crippen molar-refractivity contribution >= 4 is 5.97 Å². The van der Waals surface area contributed by atoms with E-state index in [1.54, 1.807) is 6.07 Å². The number of benzene rings is 1. The lowest BCUT2D eigenvalue weighted by molar-refractivity contribution is -0.143. The number of ether oxygens (including phenoxy) is 1. The van der Waals surface area contributed by atoms with Gasteiger partial charge in [-0.05, 0) is 12.5 Å². The second kappa shape index (κ2) is 5.03. The summed E-state index contributed by atoms with van der Waals surface area (Å²) in [5, 5.41) is 8.22. The van der Waals surface area contributed by atoms with Crippen molar-refractivity contribution in [2.45, 2.75) is 20.0 Å². The zero-order valence-electron chi connectivity index (χ0n) is 7.99. The number of carbonyl (C=O) groups excluding carboxylic acids is 1. The molecule has 1 aromatic carbocycles. The monoisotopic (exact) mass is 189 g/mol. The summed E-state index contributed by atoms with van der Waals surface area (Å²) >= 11 is 0. The van der Waals surface area contributed by atoms with Crippen molar-refractivity contribution in [3.63, 3.8) is 0 Å². The lowest BCUT2D eigenvalue weighted by Gasteiger charge is -2.02. The predicted molar refractivity (Wildman–Crippen MR) is 51.2 cm³/mol. The lowest BCUT2D eigenvalue weighted by atomic mass is 10.2. The molecule has 0 spiro atoms. The molecule has 72 valence electrons. The number of esters is 1. The van der Waals surface area contributed by atoms with Crippen LogP contribution in [0, 0.1) is 18.3 Å². The Morgan fingerprint density at radius 1 is 1.43 bits per heavy atom. The van der Waals surface area contributed by atoms with Crippen LogP contribution >= 0.6 is 0 Å². The zero-order chi connectivity index (χ0) is 10.4. The summed E-state index contributed by atoms with van der Waals surface area (Å²) in [4.78, 5) is 10.8. The van der Waals surface area contributed by atoms with E-state index in [4.69, 9.17) is 10.00 Å². The van der Waals surface area contributed by atoms with Gasteiger partial charge < -0.3 is 4.74 Å². The summed E-state index contributed by atoms with van der Waals surface area (Å²) in [6, 6.07) is 9.44. The molecule has 0 aromatic heterocycles. The molecule has 0 radical (unpaired) electrons. The van der Waals surface area contributed by atoms with E-state index in [2.05, 4.69) is 0 Å². The van der Waals surface area contributed by atoms with Crippen LogP contribution in [0.5, 0.6) is 0 Å². The maximum Gasteiger partial charge on any atom is 0.320 e. The molecule has 0 heterocycles. The van der Waals surface area contributed by atoms with E-state index in [9.17, 15) is 4.79 Å². The van der Waals surface area contributed by atoms with E-state index < -0.39 is 5.97 Å². The Balaban J connectivity index is 2.43. The standard InChI is InChI=1S/C11H11NO2/c1-9-2-4-10(5-3-9)8-14-11(13)6-7-12/h2-5H,6,8H2,1H3. The van der Waals surface area contributed by atoms with E-state index in [1.165, 1.54) is 0 Å². The van der Waals surface area contributed by atoms with Crippen molar-refractivity contribution in [3.05, 3.63) is 35.4 Å². The first-order valence-electron chi connectivity index (χ1n) is 4.30. The van der Waals surface area contributed by atoms with Gasteiger partial charge in [0.25, 0.3) is 0 Å². The quantitative estimate of drug-likeness (QED) is 0.683. The molecule has 0 amide bonds. The van der Waals surface area contributed by atoms with Crippen LogP contribution in [0.2, 0.25) is 0 Å². The maximum atomic E-state index is 10.8. The SMILES string of the molecule is Cc1ccc(COC(=O)CC#N)cc1. The molecular weight excluding hydrogens is 178 g/mol. The minimum absolute atomic E-state index is 0.189. The minimum Gasteiger partial charge on any atom is -0.460 e. The lowest BCUT2D eigenvalue weighted by Crippen LogP contribution is -2.02. The first-order chi connectivity index (χ1) is 6.72. The van der Waals surface area contributed by atoms with E-state index in [1.807, 2.05) is 31.2 Å². The third-order valence-electron chi connectivity index (χ3n) is 1.74. The van der Waals surface area contributed by atoms with E-state index >= 15 is 0 Å². The van der Waals surface area contributed by atoms with Crippen molar-refractivity contribution in [2.24, 2.45) is 0 Å². The maximum absolute atomic E-state index is 10.8. The summed E-state index contributed by atoms with van der Waals surface area (Å²) in [7, 11) is 0. The largest absolute Gasteiger partial charge is 0.460 e. The average Bonchev–Trinajstić information content (AvgIpc) is 2.17. The van der Waals surface area contributed by atoms with Crippen molar-refractivity contribution < 1.29 is 9.53 Å². The van der Waals surface area contributed by atoms with Crippen LogP contribution < -0.4 is 0 Å². The van der Waals surface area contributed by atoms with Gasteiger partial charge in [-0.25, -0.2) is 0 Å². The van der Waals surface area contributed by atoms with Gasteiger partial charge >= 0.3 is 5.97 Å². The molecule has 0 fully saturated rings. The smallest absolute Gasteiger partial charge is 0.320 e. The fraction of sp³-hybridized carbons (Fsp3) is 0.273. The van der Waals surface area contributed by atoms with Gasteiger partial charge in [0.2, 0.25) is 0 Å². The van der Waals surface area contributed by atoms with E-state index in [0.29, 0.717) is 0 Å². The minimum atomic E-state index is -0.479. The predicted octanol–water partition coefficient (Wildman–Crippen LogP) is 1.95. The Labute approximate surface area is 82.9 Å². The van der Waals surface area contributed by atoms with Crippen LogP contribution in [0.4, 0.5) is 0 Å². The molecule has 0 aliphatic rings. The molecule has 3 heteroatoms. The molecule has 14 heavy (non-hydrogen) atoms. The van der Waals surface area contributed by atoms with Crippen LogP contribution in [0.3, 0.4) is 0 Å². The van der Waals surface area contributed by atoms with Crippen molar-refractivity contribution in [2.75, 3.05) is 0 Å². The normalized spacial score (nSPS) is 9.14. The molecule has 0 unspecified atom stereocenters. The van der Waals surface area contributed by atoms with E-state index in [0.717, 1.165) is 11.1 Å². The van der Waals surface area contributed by atoms with Gasteiger partial charge in [0.1, 0.15) is 13.0 Å². The molecule has 0 aliphatic heterocycles. The van der Waals surface area contributed by atoms with Gasteiger partial charge in [0.15, 0.2) is 0 Å². The Morgan fingerprint density at radius 2 is 2.07 bits per heavy atom. The van der Waals surface area contributed by atoms with Crippen molar-refractivity contribution in [1.29, 1.82) is 5.26 Å². The molecule has 1 rings (SSSR count). The molecule has 0 aliphatic carbocycles. The summed E-state index contributed by atoms with van der Waals surface area (Å²) in [6.45, 7) is 2.23. The Bertz CT molecular complexity index is 349. The molecule has 3 nitrogen and oxygen atoms in total.